The van der Waals surface area contributed by atoms with Crippen molar-refractivity contribution in [1.82, 2.24) is 9.97 Å². The molecule has 0 aliphatic heterocycles. The summed E-state index contributed by atoms with van der Waals surface area (Å²) in [7, 11) is 1.57. The topological polar surface area (TPSA) is 35.0 Å². The second-order valence-corrected chi connectivity index (χ2v) is 5.31. The molecule has 0 atom stereocenters. The zero-order chi connectivity index (χ0) is 17.5. The Balaban J connectivity index is 0.00000100. The van der Waals surface area contributed by atoms with Crippen LogP contribution in [0.25, 0.3) is 22.6 Å². The van der Waals surface area contributed by atoms with Gasteiger partial charge >= 0.3 is 0 Å². The molecule has 0 aliphatic carbocycles. The highest BCUT2D eigenvalue weighted by Gasteiger charge is 2.16. The number of hydrogen-bond acceptors (Lipinski definition) is 3. The summed E-state index contributed by atoms with van der Waals surface area (Å²) >= 11 is 6.29. The molecule has 0 saturated heterocycles. The van der Waals surface area contributed by atoms with Crippen molar-refractivity contribution in [2.45, 2.75) is 20.8 Å². The van der Waals surface area contributed by atoms with E-state index in [-0.39, 0.29) is 0 Å². The lowest BCUT2D eigenvalue weighted by Crippen LogP contribution is -1.98. The lowest BCUT2D eigenvalue weighted by molar-refractivity contribution is 0.413. The average Bonchev–Trinajstić information content (AvgIpc) is 2.64. The van der Waals surface area contributed by atoms with E-state index in [2.05, 4.69) is 9.97 Å². The molecule has 0 bridgehead atoms. The van der Waals surface area contributed by atoms with Crippen molar-refractivity contribution >= 4 is 11.6 Å². The summed E-state index contributed by atoms with van der Waals surface area (Å²) in [5.41, 5.74) is 3.75. The van der Waals surface area contributed by atoms with Gasteiger partial charge in [0.2, 0.25) is 0 Å². The number of ether oxygens (including phenoxy) is 1. The van der Waals surface area contributed by atoms with Gasteiger partial charge < -0.3 is 4.74 Å². The summed E-state index contributed by atoms with van der Waals surface area (Å²) in [5, 5.41) is 0.312. The van der Waals surface area contributed by atoms with E-state index < -0.39 is 0 Å². The molecule has 0 N–H and O–H groups in total. The number of aryl methyl sites for hydroxylation is 1. The van der Waals surface area contributed by atoms with Gasteiger partial charge in [-0.15, -0.1) is 0 Å². The van der Waals surface area contributed by atoms with Crippen LogP contribution < -0.4 is 4.74 Å². The quantitative estimate of drug-likeness (QED) is 0.564. The van der Waals surface area contributed by atoms with Crippen molar-refractivity contribution in [3.63, 3.8) is 0 Å². The Kier molecular flexibility index (Phi) is 6.33. The molecule has 3 nitrogen and oxygen atoms in total. The number of hydrogen-bond donors (Lipinski definition) is 0. The predicted molar refractivity (Wildman–Crippen MR) is 101 cm³/mol. The van der Waals surface area contributed by atoms with Crippen molar-refractivity contribution in [1.29, 1.82) is 0 Å². The van der Waals surface area contributed by atoms with E-state index in [4.69, 9.17) is 16.3 Å². The van der Waals surface area contributed by atoms with Crippen LogP contribution in [0.1, 0.15) is 19.4 Å². The van der Waals surface area contributed by atoms with E-state index >= 15 is 0 Å². The highest BCUT2D eigenvalue weighted by molar-refractivity contribution is 6.31. The van der Waals surface area contributed by atoms with Crippen molar-refractivity contribution in [3.8, 4) is 28.4 Å². The highest BCUT2D eigenvalue weighted by Crippen LogP contribution is 2.35. The number of halogens is 1. The van der Waals surface area contributed by atoms with Crippen LogP contribution in [0.2, 0.25) is 5.15 Å². The number of rotatable bonds is 3. The van der Waals surface area contributed by atoms with Gasteiger partial charge in [-0.1, -0.05) is 85.6 Å². The van der Waals surface area contributed by atoms with Crippen LogP contribution >= 0.6 is 11.6 Å². The molecule has 124 valence electrons. The Morgan fingerprint density at radius 1 is 0.833 bits per heavy atom. The average molecular weight is 341 g/mol. The third-order valence-corrected chi connectivity index (χ3v) is 3.64. The fourth-order valence-electron chi connectivity index (χ4n) is 2.23. The van der Waals surface area contributed by atoms with Crippen LogP contribution in [0.3, 0.4) is 0 Å². The molecule has 2 aromatic carbocycles. The second kappa shape index (κ2) is 8.46. The van der Waals surface area contributed by atoms with Gasteiger partial charge in [0.05, 0.1) is 7.11 Å². The fourth-order valence-corrected chi connectivity index (χ4v) is 2.47. The SMILES string of the molecule is CC.COc1c(Cl)nc(-c2ccccc2)nc1-c1ccc(C)cc1. The third-order valence-electron chi connectivity index (χ3n) is 3.39. The van der Waals surface area contributed by atoms with E-state index in [0.717, 1.165) is 11.1 Å². The van der Waals surface area contributed by atoms with Gasteiger partial charge in [0, 0.05) is 11.1 Å². The Bertz CT molecular complexity index is 787. The third kappa shape index (κ3) is 3.92. The normalized spacial score (nSPS) is 9.88. The molecule has 0 saturated carbocycles. The molecule has 1 heterocycles. The highest BCUT2D eigenvalue weighted by atomic mass is 35.5. The molecule has 24 heavy (non-hydrogen) atoms. The van der Waals surface area contributed by atoms with Gasteiger partial charge in [-0.2, -0.15) is 0 Å². The van der Waals surface area contributed by atoms with Crippen LogP contribution in [0.5, 0.6) is 5.75 Å². The maximum absolute atomic E-state index is 6.29. The van der Waals surface area contributed by atoms with Gasteiger partial charge in [0.25, 0.3) is 0 Å². The van der Waals surface area contributed by atoms with Crippen molar-refractivity contribution < 1.29 is 4.74 Å². The summed E-state index contributed by atoms with van der Waals surface area (Å²) < 4.78 is 5.39. The van der Waals surface area contributed by atoms with E-state index in [1.807, 2.05) is 75.4 Å². The smallest absolute Gasteiger partial charge is 0.182 e. The predicted octanol–water partition coefficient (Wildman–Crippen LogP) is 5.81. The maximum atomic E-state index is 6.29. The van der Waals surface area contributed by atoms with Gasteiger partial charge in [0.1, 0.15) is 5.69 Å². The minimum Gasteiger partial charge on any atom is -0.491 e. The van der Waals surface area contributed by atoms with Gasteiger partial charge in [-0.25, -0.2) is 9.97 Å². The molecule has 3 aromatic rings. The molecule has 0 radical (unpaired) electrons. The van der Waals surface area contributed by atoms with E-state index in [0.29, 0.717) is 22.4 Å². The van der Waals surface area contributed by atoms with Gasteiger partial charge in [-0.3, -0.25) is 0 Å². The Morgan fingerprint density at radius 2 is 1.46 bits per heavy atom. The first-order valence-corrected chi connectivity index (χ1v) is 8.31. The fraction of sp³-hybridized carbons (Fsp3) is 0.200. The van der Waals surface area contributed by atoms with Crippen molar-refractivity contribution in [2.24, 2.45) is 0 Å². The zero-order valence-electron chi connectivity index (χ0n) is 14.4. The Hall–Kier alpha value is -2.39. The standard InChI is InChI=1S/C18H15ClN2O.C2H6/c1-12-8-10-13(11-9-12)15-16(22-2)17(19)21-18(20-15)14-6-4-3-5-7-14;1-2/h3-11H,1-2H3;1-2H3. The first-order valence-electron chi connectivity index (χ1n) is 7.93. The van der Waals surface area contributed by atoms with Crippen LogP contribution in [-0.4, -0.2) is 17.1 Å². The summed E-state index contributed by atoms with van der Waals surface area (Å²) in [6.07, 6.45) is 0. The number of benzene rings is 2. The molecule has 0 spiro atoms. The van der Waals surface area contributed by atoms with Crippen LogP contribution in [0.4, 0.5) is 0 Å². The van der Waals surface area contributed by atoms with Crippen LogP contribution in [-0.2, 0) is 0 Å². The lowest BCUT2D eigenvalue weighted by Gasteiger charge is -2.11. The molecular weight excluding hydrogens is 320 g/mol. The van der Waals surface area contributed by atoms with Gasteiger partial charge in [0.15, 0.2) is 16.7 Å². The molecular formula is C20H21ClN2O. The summed E-state index contributed by atoms with van der Waals surface area (Å²) in [5.74, 6) is 1.08. The molecule has 0 aliphatic rings. The van der Waals surface area contributed by atoms with Crippen LogP contribution in [0.15, 0.2) is 54.6 Å². The molecule has 3 rings (SSSR count). The zero-order valence-corrected chi connectivity index (χ0v) is 15.1. The van der Waals surface area contributed by atoms with Crippen LogP contribution in [0, 0.1) is 6.92 Å². The minimum absolute atomic E-state index is 0.312. The molecule has 0 unspecified atom stereocenters. The Morgan fingerprint density at radius 3 is 2.04 bits per heavy atom. The van der Waals surface area contributed by atoms with Gasteiger partial charge in [-0.05, 0) is 6.92 Å². The number of aromatic nitrogens is 2. The molecule has 0 amide bonds. The van der Waals surface area contributed by atoms with Crippen molar-refractivity contribution in [2.75, 3.05) is 7.11 Å². The summed E-state index contributed by atoms with van der Waals surface area (Å²) in [4.78, 5) is 9.00. The first kappa shape index (κ1) is 18.0. The first-order chi connectivity index (χ1) is 11.7. The van der Waals surface area contributed by atoms with E-state index in [1.165, 1.54) is 5.56 Å². The number of methoxy groups -OCH3 is 1. The largest absolute Gasteiger partial charge is 0.491 e. The second-order valence-electron chi connectivity index (χ2n) is 4.95. The van der Waals surface area contributed by atoms with E-state index in [9.17, 15) is 0 Å². The lowest BCUT2D eigenvalue weighted by atomic mass is 10.1. The van der Waals surface area contributed by atoms with E-state index in [1.54, 1.807) is 7.11 Å². The minimum atomic E-state index is 0.312. The maximum Gasteiger partial charge on any atom is 0.182 e. The van der Waals surface area contributed by atoms with Crippen molar-refractivity contribution in [3.05, 3.63) is 65.3 Å². The summed E-state index contributed by atoms with van der Waals surface area (Å²) in [6.45, 7) is 6.05. The molecule has 4 heteroatoms. The molecule has 0 fully saturated rings. The monoisotopic (exact) mass is 340 g/mol. The molecule has 1 aromatic heterocycles. The Labute approximate surface area is 148 Å². The summed E-state index contributed by atoms with van der Waals surface area (Å²) in [6, 6.07) is 17.8. The number of nitrogens with zero attached hydrogens (tertiary/aromatic N) is 2.